The van der Waals surface area contributed by atoms with E-state index in [1.165, 1.54) is 75.4 Å². The van der Waals surface area contributed by atoms with Gasteiger partial charge in [-0.1, -0.05) is 146 Å². The van der Waals surface area contributed by atoms with E-state index in [1.54, 1.807) is 0 Å². The molecular weight excluding hydrogens is 709 g/mol. The Labute approximate surface area is 335 Å². The molecule has 0 saturated carbocycles. The molecule has 0 N–H and O–H groups in total. The molecule has 2 heterocycles. The first kappa shape index (κ1) is 33.2. The molecule has 0 atom stereocenters. The smallest absolute Gasteiger partial charge is 0.0541 e. The first-order valence-corrected chi connectivity index (χ1v) is 20.2. The third kappa shape index (κ3) is 5.80. The van der Waals surface area contributed by atoms with Gasteiger partial charge in [-0.3, -0.25) is 0 Å². The van der Waals surface area contributed by atoms with Crippen LogP contribution in [-0.4, -0.2) is 4.57 Å². The largest absolute Gasteiger partial charge is 0.310 e. The predicted octanol–water partition coefficient (Wildman–Crippen LogP) is 15.6. The van der Waals surface area contributed by atoms with Crippen LogP contribution < -0.4 is 4.90 Å². The first-order valence-electron chi connectivity index (χ1n) is 19.4. The molecule has 0 aliphatic rings. The molecule has 268 valence electrons. The molecule has 0 spiro atoms. The summed E-state index contributed by atoms with van der Waals surface area (Å²) in [7, 11) is 0. The van der Waals surface area contributed by atoms with Crippen LogP contribution in [-0.2, 0) is 0 Å². The Morgan fingerprint density at radius 3 is 1.51 bits per heavy atom. The minimum absolute atomic E-state index is 1.09. The molecule has 0 radical (unpaired) electrons. The van der Waals surface area contributed by atoms with Gasteiger partial charge in [0.15, 0.2) is 0 Å². The highest BCUT2D eigenvalue weighted by atomic mass is 32.1. The van der Waals surface area contributed by atoms with Gasteiger partial charge in [-0.15, -0.1) is 11.3 Å². The number of thiophene rings is 1. The molecule has 0 aliphatic heterocycles. The van der Waals surface area contributed by atoms with Gasteiger partial charge in [0.25, 0.3) is 0 Å². The van der Waals surface area contributed by atoms with E-state index >= 15 is 0 Å². The van der Waals surface area contributed by atoms with Crippen LogP contribution in [0.4, 0.5) is 17.1 Å². The lowest BCUT2D eigenvalue weighted by molar-refractivity contribution is 1.18. The fourth-order valence-corrected chi connectivity index (χ4v) is 9.61. The van der Waals surface area contributed by atoms with E-state index in [2.05, 4.69) is 228 Å². The van der Waals surface area contributed by atoms with Crippen LogP contribution in [0.3, 0.4) is 0 Å². The van der Waals surface area contributed by atoms with Crippen molar-refractivity contribution in [3.05, 3.63) is 218 Å². The predicted molar refractivity (Wildman–Crippen MR) is 245 cm³/mol. The summed E-state index contributed by atoms with van der Waals surface area (Å²) in [6.45, 7) is 0. The second-order valence-corrected chi connectivity index (χ2v) is 15.6. The van der Waals surface area contributed by atoms with Crippen molar-refractivity contribution in [2.24, 2.45) is 0 Å². The van der Waals surface area contributed by atoms with E-state index in [4.69, 9.17) is 0 Å². The molecule has 3 heteroatoms. The van der Waals surface area contributed by atoms with Gasteiger partial charge in [-0.2, -0.15) is 0 Å². The van der Waals surface area contributed by atoms with Crippen molar-refractivity contribution in [3.63, 3.8) is 0 Å². The van der Waals surface area contributed by atoms with Gasteiger partial charge in [0, 0.05) is 53.6 Å². The van der Waals surface area contributed by atoms with Gasteiger partial charge >= 0.3 is 0 Å². The average Bonchev–Trinajstić information content (AvgIpc) is 3.83. The van der Waals surface area contributed by atoms with E-state index in [0.717, 1.165) is 22.7 Å². The van der Waals surface area contributed by atoms with Gasteiger partial charge < -0.3 is 9.47 Å². The van der Waals surface area contributed by atoms with E-state index in [1.807, 2.05) is 11.3 Å². The highest BCUT2D eigenvalue weighted by Gasteiger charge is 2.19. The molecule has 0 bridgehead atoms. The first-order chi connectivity index (χ1) is 28.3. The third-order valence-electron chi connectivity index (χ3n) is 11.2. The van der Waals surface area contributed by atoms with Crippen molar-refractivity contribution in [2.75, 3.05) is 4.90 Å². The summed E-state index contributed by atoms with van der Waals surface area (Å²) >= 11 is 1.85. The highest BCUT2D eigenvalue weighted by molar-refractivity contribution is 7.25. The molecule has 0 fully saturated rings. The number of hydrogen-bond acceptors (Lipinski definition) is 2. The van der Waals surface area contributed by atoms with Gasteiger partial charge in [-0.25, -0.2) is 0 Å². The maximum atomic E-state index is 2.42. The summed E-state index contributed by atoms with van der Waals surface area (Å²) in [5, 5.41) is 5.09. The number of hydrogen-bond donors (Lipinski definition) is 0. The Hall–Kier alpha value is -7.20. The lowest BCUT2D eigenvalue weighted by Crippen LogP contribution is -2.10. The fourth-order valence-electron chi connectivity index (χ4n) is 8.52. The van der Waals surface area contributed by atoms with Crippen LogP contribution in [0.1, 0.15) is 0 Å². The summed E-state index contributed by atoms with van der Waals surface area (Å²) in [5.74, 6) is 0. The van der Waals surface area contributed by atoms with Crippen molar-refractivity contribution < 1.29 is 0 Å². The molecule has 0 unspecified atom stereocenters. The summed E-state index contributed by atoms with van der Waals surface area (Å²) in [5.41, 5.74) is 14.0. The number of fused-ring (bicyclic) bond motifs is 6. The second-order valence-electron chi connectivity index (χ2n) is 14.5. The van der Waals surface area contributed by atoms with Crippen LogP contribution in [0.25, 0.3) is 81.0 Å². The summed E-state index contributed by atoms with van der Waals surface area (Å²) < 4.78 is 5.01. The van der Waals surface area contributed by atoms with Gasteiger partial charge in [0.2, 0.25) is 0 Å². The maximum Gasteiger partial charge on any atom is 0.0541 e. The Kier molecular flexibility index (Phi) is 8.04. The Morgan fingerprint density at radius 1 is 0.316 bits per heavy atom. The van der Waals surface area contributed by atoms with Crippen LogP contribution in [0, 0.1) is 0 Å². The van der Waals surface area contributed by atoms with Crippen molar-refractivity contribution >= 4 is 70.4 Å². The highest BCUT2D eigenvalue weighted by Crippen LogP contribution is 2.44. The standard InChI is InChI=1S/C54H36N2S/c1-3-15-37(16-4-1)40-33-41(38-17-5-2-6-18-38)35-44(34-40)55(43-31-32-54-49(36-43)48-22-10-14-26-53(48)57-54)42-29-27-39(28-30-42)45-19-7-11-23-50(45)56-51-24-12-8-20-46(51)47-21-9-13-25-52(47)56/h1-36H. The number of rotatable bonds is 7. The number of para-hydroxylation sites is 3. The molecule has 0 aliphatic carbocycles. The zero-order valence-electron chi connectivity index (χ0n) is 31.1. The number of benzene rings is 9. The summed E-state index contributed by atoms with van der Waals surface area (Å²) in [6.07, 6.45) is 0. The van der Waals surface area contributed by atoms with Gasteiger partial charge in [0.1, 0.15) is 0 Å². The van der Waals surface area contributed by atoms with Crippen molar-refractivity contribution in [2.45, 2.75) is 0 Å². The van der Waals surface area contributed by atoms with E-state index in [9.17, 15) is 0 Å². The topological polar surface area (TPSA) is 8.17 Å². The van der Waals surface area contributed by atoms with Crippen LogP contribution in [0.2, 0.25) is 0 Å². The molecule has 11 rings (SSSR count). The maximum absolute atomic E-state index is 2.42. The molecule has 2 aromatic heterocycles. The molecule has 57 heavy (non-hydrogen) atoms. The van der Waals surface area contributed by atoms with E-state index < -0.39 is 0 Å². The number of nitrogens with zero attached hydrogens (tertiary/aromatic N) is 2. The molecule has 0 amide bonds. The summed E-state index contributed by atoms with van der Waals surface area (Å²) in [4.78, 5) is 2.42. The fraction of sp³-hybridized carbons (Fsp3) is 0. The molecule has 0 saturated heterocycles. The monoisotopic (exact) mass is 744 g/mol. The van der Waals surface area contributed by atoms with Crippen LogP contribution in [0.15, 0.2) is 218 Å². The number of aromatic nitrogens is 1. The second kappa shape index (κ2) is 13.8. The zero-order valence-corrected chi connectivity index (χ0v) is 31.9. The van der Waals surface area contributed by atoms with E-state index in [0.29, 0.717) is 0 Å². The molecule has 9 aromatic carbocycles. The minimum Gasteiger partial charge on any atom is -0.310 e. The minimum atomic E-state index is 1.09. The average molecular weight is 745 g/mol. The normalized spacial score (nSPS) is 11.5. The summed E-state index contributed by atoms with van der Waals surface area (Å²) in [6, 6.07) is 79.5. The molecular formula is C54H36N2S. The Bertz CT molecular complexity index is 3120. The third-order valence-corrected chi connectivity index (χ3v) is 12.3. The van der Waals surface area contributed by atoms with Crippen molar-refractivity contribution in [3.8, 4) is 39.1 Å². The molecule has 2 nitrogen and oxygen atoms in total. The zero-order chi connectivity index (χ0) is 37.7. The van der Waals surface area contributed by atoms with Crippen molar-refractivity contribution in [1.29, 1.82) is 0 Å². The van der Waals surface area contributed by atoms with Crippen LogP contribution in [0.5, 0.6) is 0 Å². The SMILES string of the molecule is c1ccc(-c2cc(-c3ccccc3)cc(N(c3ccc(-c4ccccc4-n4c5ccccc5c5ccccc54)cc3)c3ccc4sc5ccccc5c4c3)c2)cc1. The van der Waals surface area contributed by atoms with Crippen molar-refractivity contribution in [1.82, 2.24) is 4.57 Å². The van der Waals surface area contributed by atoms with E-state index in [-0.39, 0.29) is 0 Å². The Morgan fingerprint density at radius 2 is 0.842 bits per heavy atom. The Balaban J connectivity index is 1.10. The quantitative estimate of drug-likeness (QED) is 0.158. The number of anilines is 3. The molecule has 11 aromatic rings. The van der Waals surface area contributed by atoms with Gasteiger partial charge in [-0.05, 0) is 101 Å². The van der Waals surface area contributed by atoms with Gasteiger partial charge in [0.05, 0.1) is 16.7 Å². The lowest BCUT2D eigenvalue weighted by Gasteiger charge is -2.27. The van der Waals surface area contributed by atoms with Crippen LogP contribution >= 0.6 is 11.3 Å². The lowest BCUT2D eigenvalue weighted by atomic mass is 9.97.